The molecular weight excluding hydrogens is 493 g/mol. The fourth-order valence-electron chi connectivity index (χ4n) is 4.93. The lowest BCUT2D eigenvalue weighted by atomic mass is 9.80. The molecule has 0 nitrogen and oxygen atoms in total. The molecule has 0 radical (unpaired) electrons. The first-order valence-electron chi connectivity index (χ1n) is 12.3. The molecule has 0 saturated heterocycles. The highest BCUT2D eigenvalue weighted by atomic mass is 19.4. The van der Waals surface area contributed by atoms with Gasteiger partial charge in [-0.15, -0.1) is 0 Å². The van der Waals surface area contributed by atoms with Crippen molar-refractivity contribution < 1.29 is 30.7 Å². The smallest absolute Gasteiger partial charge is 0.206 e. The van der Waals surface area contributed by atoms with Crippen LogP contribution in [0.15, 0.2) is 54.6 Å². The van der Waals surface area contributed by atoms with E-state index in [1.165, 1.54) is 43.9 Å². The highest BCUT2D eigenvalue weighted by molar-refractivity contribution is 5.72. The summed E-state index contributed by atoms with van der Waals surface area (Å²) in [5.74, 6) is -2.42. The molecule has 1 aliphatic carbocycles. The molecule has 1 saturated carbocycles. The minimum atomic E-state index is -4.73. The van der Waals surface area contributed by atoms with Crippen LogP contribution in [0, 0.1) is 35.1 Å². The van der Waals surface area contributed by atoms with Crippen molar-refractivity contribution in [3.05, 3.63) is 89.0 Å². The molecule has 0 N–H and O–H groups in total. The molecule has 0 bridgehead atoms. The van der Waals surface area contributed by atoms with Crippen LogP contribution in [0.3, 0.4) is 0 Å². The van der Waals surface area contributed by atoms with Crippen LogP contribution in [-0.4, -0.2) is 6.18 Å². The number of halogens is 7. The Bertz CT molecular complexity index is 1260. The average molecular weight is 521 g/mol. The molecule has 0 aromatic heterocycles. The van der Waals surface area contributed by atoms with E-state index in [1.54, 1.807) is 6.07 Å². The standard InChI is InChI=1S/C30H27F7/c1-18-2-4-19(5-3-18)6-7-20-8-10-23(26(31)14-20)21-9-11-24(27(32)15-21)22-16-28(33)25(29(34)17-22)12-13-30(35,36)37/h8-19H,2-7H2,1H3/b13-12+. The quantitative estimate of drug-likeness (QED) is 0.284. The van der Waals surface area contributed by atoms with Crippen molar-refractivity contribution in [2.45, 2.75) is 51.6 Å². The molecule has 3 aromatic rings. The molecule has 3 aromatic carbocycles. The lowest BCUT2D eigenvalue weighted by Gasteiger charge is -2.26. The van der Waals surface area contributed by atoms with Crippen LogP contribution in [0.5, 0.6) is 0 Å². The largest absolute Gasteiger partial charge is 0.409 e. The van der Waals surface area contributed by atoms with E-state index in [-0.39, 0.29) is 34.4 Å². The summed E-state index contributed by atoms with van der Waals surface area (Å²) in [7, 11) is 0. The van der Waals surface area contributed by atoms with Crippen LogP contribution in [0.25, 0.3) is 28.3 Å². The van der Waals surface area contributed by atoms with Gasteiger partial charge < -0.3 is 0 Å². The van der Waals surface area contributed by atoms with Gasteiger partial charge in [0.15, 0.2) is 0 Å². The molecule has 0 heterocycles. The Hall–Kier alpha value is -3.09. The summed E-state index contributed by atoms with van der Waals surface area (Å²) in [6.45, 7) is 2.27. The van der Waals surface area contributed by atoms with Gasteiger partial charge >= 0.3 is 6.18 Å². The van der Waals surface area contributed by atoms with Gasteiger partial charge in [-0.05, 0) is 71.7 Å². The summed E-state index contributed by atoms with van der Waals surface area (Å²) >= 11 is 0. The fraction of sp³-hybridized carbons (Fsp3) is 0.333. The van der Waals surface area contributed by atoms with Gasteiger partial charge in [0.2, 0.25) is 0 Å². The predicted octanol–water partition coefficient (Wildman–Crippen LogP) is 9.91. The van der Waals surface area contributed by atoms with E-state index >= 15 is 0 Å². The number of benzene rings is 3. The van der Waals surface area contributed by atoms with E-state index in [0.29, 0.717) is 5.92 Å². The summed E-state index contributed by atoms with van der Waals surface area (Å²) in [4.78, 5) is 0. The maximum absolute atomic E-state index is 14.9. The van der Waals surface area contributed by atoms with Crippen LogP contribution in [0.4, 0.5) is 30.7 Å². The van der Waals surface area contributed by atoms with Crippen molar-refractivity contribution in [2.24, 2.45) is 11.8 Å². The zero-order valence-electron chi connectivity index (χ0n) is 20.3. The summed E-state index contributed by atoms with van der Waals surface area (Å²) < 4.78 is 95.5. The average Bonchev–Trinajstić information content (AvgIpc) is 2.82. The van der Waals surface area contributed by atoms with Crippen molar-refractivity contribution in [3.8, 4) is 22.3 Å². The number of allylic oxidation sites excluding steroid dienone is 1. The van der Waals surface area contributed by atoms with Crippen molar-refractivity contribution in [1.82, 2.24) is 0 Å². The summed E-state index contributed by atoms with van der Waals surface area (Å²) in [6, 6.07) is 10.2. The Balaban J connectivity index is 1.51. The van der Waals surface area contributed by atoms with Gasteiger partial charge in [-0.2, -0.15) is 13.2 Å². The minimum absolute atomic E-state index is 0.160. The third kappa shape index (κ3) is 6.82. The first kappa shape index (κ1) is 27.0. The summed E-state index contributed by atoms with van der Waals surface area (Å²) in [5.41, 5.74) is 0.117. The van der Waals surface area contributed by atoms with Gasteiger partial charge in [-0.25, -0.2) is 17.6 Å². The van der Waals surface area contributed by atoms with E-state index in [1.807, 2.05) is 6.07 Å². The van der Waals surface area contributed by atoms with E-state index < -0.39 is 35.0 Å². The van der Waals surface area contributed by atoms with E-state index in [4.69, 9.17) is 0 Å². The molecule has 7 heteroatoms. The molecule has 0 atom stereocenters. The van der Waals surface area contributed by atoms with Gasteiger partial charge in [-0.1, -0.05) is 56.9 Å². The Kier molecular flexibility index (Phi) is 8.10. The molecule has 0 amide bonds. The lowest BCUT2D eigenvalue weighted by Crippen LogP contribution is -2.12. The van der Waals surface area contributed by atoms with E-state index in [9.17, 15) is 30.7 Å². The predicted molar refractivity (Wildman–Crippen MR) is 132 cm³/mol. The van der Waals surface area contributed by atoms with Gasteiger partial charge in [0.25, 0.3) is 0 Å². The molecule has 0 unspecified atom stereocenters. The molecule has 0 spiro atoms. The number of rotatable bonds is 6. The first-order valence-corrected chi connectivity index (χ1v) is 12.3. The topological polar surface area (TPSA) is 0 Å². The Morgan fingerprint density at radius 2 is 1.30 bits per heavy atom. The van der Waals surface area contributed by atoms with Gasteiger partial charge in [-0.3, -0.25) is 0 Å². The second-order valence-corrected chi connectivity index (χ2v) is 9.90. The third-order valence-corrected chi connectivity index (χ3v) is 7.12. The lowest BCUT2D eigenvalue weighted by molar-refractivity contribution is -0.0790. The molecule has 37 heavy (non-hydrogen) atoms. The van der Waals surface area contributed by atoms with Crippen molar-refractivity contribution in [3.63, 3.8) is 0 Å². The molecule has 0 aliphatic heterocycles. The molecule has 1 fully saturated rings. The van der Waals surface area contributed by atoms with E-state index in [2.05, 4.69) is 6.92 Å². The molecule has 196 valence electrons. The minimum Gasteiger partial charge on any atom is -0.206 e. The molecular formula is C30H27F7. The summed E-state index contributed by atoms with van der Waals surface area (Å²) in [5, 5.41) is 0. The van der Waals surface area contributed by atoms with E-state index in [0.717, 1.165) is 42.5 Å². The van der Waals surface area contributed by atoms with Crippen LogP contribution in [-0.2, 0) is 6.42 Å². The zero-order valence-corrected chi connectivity index (χ0v) is 20.3. The number of aryl methyl sites for hydroxylation is 1. The monoisotopic (exact) mass is 520 g/mol. The number of alkyl halides is 3. The normalized spacial score (nSPS) is 18.5. The maximum Gasteiger partial charge on any atom is 0.409 e. The maximum atomic E-state index is 14.9. The fourth-order valence-corrected chi connectivity index (χ4v) is 4.93. The Labute approximate surface area is 211 Å². The highest BCUT2D eigenvalue weighted by Gasteiger charge is 2.23. The second-order valence-electron chi connectivity index (χ2n) is 9.90. The van der Waals surface area contributed by atoms with Crippen LogP contribution >= 0.6 is 0 Å². The first-order chi connectivity index (χ1) is 17.5. The van der Waals surface area contributed by atoms with Crippen molar-refractivity contribution in [2.75, 3.05) is 0 Å². The highest BCUT2D eigenvalue weighted by Crippen LogP contribution is 2.34. The van der Waals surface area contributed by atoms with Crippen molar-refractivity contribution in [1.29, 1.82) is 0 Å². The third-order valence-electron chi connectivity index (χ3n) is 7.12. The van der Waals surface area contributed by atoms with Crippen molar-refractivity contribution >= 4 is 6.08 Å². The number of hydrogen-bond acceptors (Lipinski definition) is 0. The van der Waals surface area contributed by atoms with Crippen LogP contribution in [0.2, 0.25) is 0 Å². The Morgan fingerprint density at radius 1 is 0.730 bits per heavy atom. The zero-order chi connectivity index (χ0) is 26.7. The Morgan fingerprint density at radius 3 is 1.89 bits per heavy atom. The molecule has 1 aliphatic rings. The van der Waals surface area contributed by atoms with Gasteiger partial charge in [0.05, 0.1) is 0 Å². The summed E-state index contributed by atoms with van der Waals surface area (Å²) in [6.07, 6.45) is 1.93. The number of hydrogen-bond donors (Lipinski definition) is 0. The van der Waals surface area contributed by atoms with Crippen LogP contribution < -0.4 is 0 Å². The van der Waals surface area contributed by atoms with Gasteiger partial charge in [0.1, 0.15) is 23.3 Å². The van der Waals surface area contributed by atoms with Crippen LogP contribution in [0.1, 0.15) is 50.2 Å². The SMILES string of the molecule is CC1CCC(CCc2ccc(-c3ccc(-c4cc(F)c(/C=C/C(F)(F)F)c(F)c4)c(F)c3)c(F)c2)CC1. The molecule has 4 rings (SSSR count). The second kappa shape index (κ2) is 11.1. The van der Waals surface area contributed by atoms with Gasteiger partial charge in [0, 0.05) is 22.8 Å².